The van der Waals surface area contributed by atoms with Gasteiger partial charge in [-0.05, 0) is 50.9 Å². The number of ether oxygens (including phenoxy) is 1. The molecule has 0 unspecified atom stereocenters. The van der Waals surface area contributed by atoms with Gasteiger partial charge in [-0.3, -0.25) is 9.80 Å². The molecule has 1 spiro atoms. The number of nitrogens with zero attached hydrogens (tertiary/aromatic N) is 2. The Kier molecular flexibility index (Phi) is 4.41. The molecule has 138 valence electrons. The van der Waals surface area contributed by atoms with Gasteiger partial charge < -0.3 is 9.84 Å². The van der Waals surface area contributed by atoms with Gasteiger partial charge in [-0.15, -0.1) is 11.3 Å². The number of rotatable bonds is 5. The molecule has 25 heavy (non-hydrogen) atoms. The molecule has 2 bridgehead atoms. The molecule has 5 heterocycles. The molecule has 1 aromatic rings. The molecule has 0 aliphatic carbocycles. The highest BCUT2D eigenvalue weighted by Gasteiger charge is 2.62. The average molecular weight is 363 g/mol. The summed E-state index contributed by atoms with van der Waals surface area (Å²) in [4.78, 5) is 8.18. The average Bonchev–Trinajstić information content (AvgIpc) is 3.36. The maximum Gasteiger partial charge on any atom is 0.0858 e. The monoisotopic (exact) mass is 362 g/mol. The Morgan fingerprint density at radius 1 is 1.12 bits per heavy atom. The first kappa shape index (κ1) is 16.7. The van der Waals surface area contributed by atoms with Crippen LogP contribution in [0, 0.1) is 11.8 Å². The van der Waals surface area contributed by atoms with E-state index in [-0.39, 0.29) is 5.60 Å². The van der Waals surface area contributed by atoms with Crippen LogP contribution in [0.1, 0.15) is 41.9 Å². The van der Waals surface area contributed by atoms with Crippen LogP contribution in [-0.2, 0) is 17.8 Å². The number of aliphatic hydroxyl groups is 1. The summed E-state index contributed by atoms with van der Waals surface area (Å²) in [7, 11) is 0. The van der Waals surface area contributed by atoms with Crippen LogP contribution in [0.25, 0.3) is 0 Å². The fraction of sp³-hybridized carbons (Fsp3) is 0.800. The third-order valence-corrected chi connectivity index (χ3v) is 8.04. The first-order valence-electron chi connectivity index (χ1n) is 10.1. The van der Waals surface area contributed by atoms with Crippen molar-refractivity contribution in [1.82, 2.24) is 9.80 Å². The molecule has 1 N–H and O–H groups in total. The SMILES string of the molecule is OC[C@H]1[C@H]2CN(Cc3ccc(CN4CCCCC4)s3)C[C@]23CC[C@H]1O3. The van der Waals surface area contributed by atoms with E-state index in [0.717, 1.165) is 32.6 Å². The summed E-state index contributed by atoms with van der Waals surface area (Å²) in [5, 5.41) is 9.77. The maximum atomic E-state index is 9.77. The molecule has 4 aliphatic rings. The second-order valence-electron chi connectivity index (χ2n) is 8.59. The molecule has 0 saturated carbocycles. The van der Waals surface area contributed by atoms with Gasteiger partial charge in [-0.1, -0.05) is 6.42 Å². The van der Waals surface area contributed by atoms with Crippen LogP contribution in [0.2, 0.25) is 0 Å². The van der Waals surface area contributed by atoms with E-state index in [4.69, 9.17) is 4.74 Å². The molecule has 4 saturated heterocycles. The Bertz CT molecular complexity index is 615. The smallest absolute Gasteiger partial charge is 0.0858 e. The zero-order valence-electron chi connectivity index (χ0n) is 15.0. The highest BCUT2D eigenvalue weighted by molar-refractivity contribution is 7.11. The molecule has 4 atom stereocenters. The van der Waals surface area contributed by atoms with Gasteiger partial charge in [0, 0.05) is 54.4 Å². The summed E-state index contributed by atoms with van der Waals surface area (Å²) in [5.41, 5.74) is 0.0615. The van der Waals surface area contributed by atoms with Crippen LogP contribution in [0.3, 0.4) is 0 Å². The number of hydrogen-bond donors (Lipinski definition) is 1. The lowest BCUT2D eigenvalue weighted by Gasteiger charge is -2.28. The Morgan fingerprint density at radius 2 is 1.88 bits per heavy atom. The fourth-order valence-electron chi connectivity index (χ4n) is 5.80. The van der Waals surface area contributed by atoms with Crippen molar-refractivity contribution in [1.29, 1.82) is 0 Å². The van der Waals surface area contributed by atoms with E-state index in [1.54, 1.807) is 0 Å². The van der Waals surface area contributed by atoms with Crippen molar-refractivity contribution in [2.24, 2.45) is 11.8 Å². The fourth-order valence-corrected chi connectivity index (χ4v) is 6.90. The van der Waals surface area contributed by atoms with Crippen molar-refractivity contribution in [3.8, 4) is 0 Å². The van der Waals surface area contributed by atoms with E-state index in [0.29, 0.717) is 24.5 Å². The van der Waals surface area contributed by atoms with Gasteiger partial charge in [-0.2, -0.15) is 0 Å². The minimum absolute atomic E-state index is 0.0615. The maximum absolute atomic E-state index is 9.77. The molecular formula is C20H30N2O2S. The summed E-state index contributed by atoms with van der Waals surface area (Å²) in [6.45, 7) is 7.17. The number of aliphatic hydroxyl groups excluding tert-OH is 1. The third-order valence-electron chi connectivity index (χ3n) is 6.99. The number of fused-ring (bicyclic) bond motifs is 1. The lowest BCUT2D eigenvalue weighted by atomic mass is 9.74. The summed E-state index contributed by atoms with van der Waals surface area (Å²) in [5.74, 6) is 0.917. The summed E-state index contributed by atoms with van der Waals surface area (Å²) < 4.78 is 6.36. The largest absolute Gasteiger partial charge is 0.396 e. The summed E-state index contributed by atoms with van der Waals surface area (Å²) in [6, 6.07) is 4.67. The zero-order chi connectivity index (χ0) is 16.9. The molecule has 4 nitrogen and oxygen atoms in total. The Labute approximate surface area is 154 Å². The van der Waals surface area contributed by atoms with Gasteiger partial charge in [0.05, 0.1) is 11.7 Å². The number of hydrogen-bond acceptors (Lipinski definition) is 5. The topological polar surface area (TPSA) is 35.9 Å². The van der Waals surface area contributed by atoms with Crippen molar-refractivity contribution in [2.75, 3.05) is 32.8 Å². The Hall–Kier alpha value is -0.460. The van der Waals surface area contributed by atoms with Crippen molar-refractivity contribution in [3.05, 3.63) is 21.9 Å². The summed E-state index contributed by atoms with van der Waals surface area (Å²) >= 11 is 1.99. The predicted molar refractivity (Wildman–Crippen MR) is 99.6 cm³/mol. The third kappa shape index (κ3) is 2.98. The highest BCUT2D eigenvalue weighted by atomic mass is 32.1. The van der Waals surface area contributed by atoms with Crippen LogP contribution < -0.4 is 0 Å². The molecule has 4 fully saturated rings. The minimum Gasteiger partial charge on any atom is -0.396 e. The van der Waals surface area contributed by atoms with Crippen molar-refractivity contribution in [2.45, 2.75) is 56.9 Å². The van der Waals surface area contributed by atoms with E-state index < -0.39 is 0 Å². The van der Waals surface area contributed by atoms with Crippen LogP contribution in [0.15, 0.2) is 12.1 Å². The van der Waals surface area contributed by atoms with Crippen molar-refractivity contribution >= 4 is 11.3 Å². The predicted octanol–water partition coefficient (Wildman–Crippen LogP) is 2.71. The van der Waals surface area contributed by atoms with E-state index in [2.05, 4.69) is 21.9 Å². The lowest BCUT2D eigenvalue weighted by molar-refractivity contribution is 0.000456. The first-order valence-corrected chi connectivity index (χ1v) is 10.9. The molecule has 4 aliphatic heterocycles. The number of thiophene rings is 1. The van der Waals surface area contributed by atoms with E-state index in [9.17, 15) is 5.11 Å². The van der Waals surface area contributed by atoms with Crippen molar-refractivity contribution in [3.63, 3.8) is 0 Å². The van der Waals surface area contributed by atoms with Gasteiger partial charge >= 0.3 is 0 Å². The molecule has 5 rings (SSSR count). The molecule has 0 amide bonds. The molecule has 1 aromatic heterocycles. The molecular weight excluding hydrogens is 332 g/mol. The Morgan fingerprint density at radius 3 is 2.64 bits per heavy atom. The van der Waals surface area contributed by atoms with Crippen LogP contribution in [-0.4, -0.2) is 59.4 Å². The number of likely N-dealkylation sites (tertiary alicyclic amines) is 2. The van der Waals surface area contributed by atoms with Gasteiger partial charge in [0.15, 0.2) is 0 Å². The van der Waals surface area contributed by atoms with Gasteiger partial charge in [-0.25, -0.2) is 0 Å². The van der Waals surface area contributed by atoms with E-state index in [1.807, 2.05) is 11.3 Å². The van der Waals surface area contributed by atoms with Gasteiger partial charge in [0.2, 0.25) is 0 Å². The Balaban J connectivity index is 1.21. The normalized spacial score (nSPS) is 38.5. The van der Waals surface area contributed by atoms with E-state index in [1.165, 1.54) is 48.5 Å². The highest BCUT2D eigenvalue weighted by Crippen LogP contribution is 2.54. The molecule has 0 aromatic carbocycles. The van der Waals surface area contributed by atoms with Gasteiger partial charge in [0.25, 0.3) is 0 Å². The first-order chi connectivity index (χ1) is 12.3. The second-order valence-corrected chi connectivity index (χ2v) is 9.84. The number of piperidine rings is 1. The summed E-state index contributed by atoms with van der Waals surface area (Å²) in [6.07, 6.45) is 6.80. The second kappa shape index (κ2) is 6.61. The standard InChI is InChI=1S/C20H30N2O2S/c23-13-17-18-12-22(14-20(18)7-6-19(17)24-20)11-16-5-4-15(25-16)10-21-8-2-1-3-9-21/h4-5,17-19,23H,1-3,6-14H2/t17-,18+,19+,20+/m0/s1. The van der Waals surface area contributed by atoms with Crippen molar-refractivity contribution < 1.29 is 9.84 Å². The van der Waals surface area contributed by atoms with Crippen LogP contribution in [0.4, 0.5) is 0 Å². The van der Waals surface area contributed by atoms with Crippen LogP contribution in [0.5, 0.6) is 0 Å². The van der Waals surface area contributed by atoms with Gasteiger partial charge in [0.1, 0.15) is 0 Å². The van der Waals surface area contributed by atoms with E-state index >= 15 is 0 Å². The quantitative estimate of drug-likeness (QED) is 0.874. The van der Waals surface area contributed by atoms with Crippen LogP contribution >= 0.6 is 11.3 Å². The molecule has 0 radical (unpaired) electrons. The zero-order valence-corrected chi connectivity index (χ0v) is 15.8. The minimum atomic E-state index is 0.0615. The lowest BCUT2D eigenvalue weighted by Crippen LogP contribution is -2.37. The molecule has 5 heteroatoms.